The van der Waals surface area contributed by atoms with Crippen LogP contribution < -0.4 is 5.32 Å². The van der Waals surface area contributed by atoms with E-state index in [0.717, 1.165) is 13.1 Å². The van der Waals surface area contributed by atoms with Crippen LogP contribution in [0.15, 0.2) is 0 Å². The van der Waals surface area contributed by atoms with Crippen molar-refractivity contribution in [2.45, 2.75) is 19.9 Å². The summed E-state index contributed by atoms with van der Waals surface area (Å²) >= 11 is 0. The fraction of sp³-hybridized carbons (Fsp3) is 0.818. The number of carbonyl (C=O) groups excluding carboxylic acids is 2. The van der Waals surface area contributed by atoms with Gasteiger partial charge in [-0.15, -0.1) is 0 Å². The second kappa shape index (κ2) is 6.56. The van der Waals surface area contributed by atoms with Crippen molar-refractivity contribution in [3.05, 3.63) is 0 Å². The molecule has 6 heteroatoms. The molecule has 98 valence electrons. The molecule has 1 heterocycles. The Hall–Kier alpha value is -1.14. The van der Waals surface area contributed by atoms with Crippen molar-refractivity contribution in [3.63, 3.8) is 0 Å². The van der Waals surface area contributed by atoms with E-state index >= 15 is 0 Å². The van der Waals surface area contributed by atoms with Crippen molar-refractivity contribution >= 4 is 11.8 Å². The first-order chi connectivity index (χ1) is 8.04. The Kier molecular flexibility index (Phi) is 5.37. The molecule has 2 N–H and O–H groups in total. The summed E-state index contributed by atoms with van der Waals surface area (Å²) in [6.45, 7) is 6.77. The average molecular weight is 243 g/mol. The lowest BCUT2D eigenvalue weighted by Gasteiger charge is -2.35. The maximum atomic E-state index is 11.9. The summed E-state index contributed by atoms with van der Waals surface area (Å²) in [5.74, 6) is -0.228. The normalized spacial score (nSPS) is 18.9. The minimum absolute atomic E-state index is 0.0381. The van der Waals surface area contributed by atoms with E-state index in [1.807, 2.05) is 0 Å². The molecule has 1 atom stereocenters. The highest BCUT2D eigenvalue weighted by Crippen LogP contribution is 2.03. The van der Waals surface area contributed by atoms with Gasteiger partial charge in [-0.05, 0) is 6.92 Å². The van der Waals surface area contributed by atoms with Crippen LogP contribution in [-0.4, -0.2) is 72.1 Å². The SMILES string of the molecule is CC(=O)NC(C)C(=O)N1CCN(CCO)CC1. The second-order valence-electron chi connectivity index (χ2n) is 4.31. The minimum atomic E-state index is -0.461. The van der Waals surface area contributed by atoms with Gasteiger partial charge in [0, 0.05) is 39.6 Å². The number of piperazine rings is 1. The molecule has 0 aliphatic carbocycles. The number of nitrogens with one attached hydrogen (secondary N) is 1. The number of nitrogens with zero attached hydrogens (tertiary/aromatic N) is 2. The van der Waals surface area contributed by atoms with Crippen LogP contribution in [0.2, 0.25) is 0 Å². The van der Waals surface area contributed by atoms with Gasteiger partial charge in [-0.2, -0.15) is 0 Å². The Balaban J connectivity index is 2.37. The van der Waals surface area contributed by atoms with E-state index in [1.54, 1.807) is 11.8 Å². The van der Waals surface area contributed by atoms with Gasteiger partial charge in [0.1, 0.15) is 6.04 Å². The number of β-amino-alcohol motifs (C(OH)–C–C–N with tert-alkyl or cyclic N) is 1. The van der Waals surface area contributed by atoms with Gasteiger partial charge in [0.05, 0.1) is 6.61 Å². The number of aliphatic hydroxyl groups is 1. The molecule has 1 rings (SSSR count). The first-order valence-electron chi connectivity index (χ1n) is 5.93. The molecule has 1 aliphatic heterocycles. The molecule has 1 aliphatic rings. The van der Waals surface area contributed by atoms with Gasteiger partial charge in [0.25, 0.3) is 0 Å². The Bertz CT molecular complexity index is 275. The largest absolute Gasteiger partial charge is 0.395 e. The Morgan fingerprint density at radius 1 is 1.29 bits per heavy atom. The molecule has 0 saturated carbocycles. The zero-order chi connectivity index (χ0) is 12.8. The van der Waals surface area contributed by atoms with E-state index in [4.69, 9.17) is 5.11 Å². The lowest BCUT2D eigenvalue weighted by molar-refractivity contribution is -0.137. The van der Waals surface area contributed by atoms with Crippen LogP contribution in [0.1, 0.15) is 13.8 Å². The first kappa shape index (κ1) is 13.9. The summed E-state index contributed by atoms with van der Waals surface area (Å²) in [7, 11) is 0. The van der Waals surface area contributed by atoms with Crippen LogP contribution in [0.3, 0.4) is 0 Å². The standard InChI is InChI=1S/C11H21N3O3/c1-9(12-10(2)16)11(17)14-5-3-13(4-6-14)7-8-15/h9,15H,3-8H2,1-2H3,(H,12,16). The third kappa shape index (κ3) is 4.32. The van der Waals surface area contributed by atoms with Crippen molar-refractivity contribution in [1.29, 1.82) is 0 Å². The summed E-state index contributed by atoms with van der Waals surface area (Å²) in [5.41, 5.74) is 0. The number of amides is 2. The zero-order valence-electron chi connectivity index (χ0n) is 10.5. The molecule has 0 radical (unpaired) electrons. The van der Waals surface area contributed by atoms with Crippen LogP contribution in [0.25, 0.3) is 0 Å². The quantitative estimate of drug-likeness (QED) is 0.640. The van der Waals surface area contributed by atoms with Crippen molar-refractivity contribution < 1.29 is 14.7 Å². The maximum Gasteiger partial charge on any atom is 0.244 e. The Morgan fingerprint density at radius 2 is 1.88 bits per heavy atom. The average Bonchev–Trinajstić information content (AvgIpc) is 2.28. The molecule has 0 spiro atoms. The smallest absolute Gasteiger partial charge is 0.244 e. The third-order valence-electron chi connectivity index (χ3n) is 2.89. The predicted molar refractivity (Wildman–Crippen MR) is 63.4 cm³/mol. The molecule has 0 aromatic carbocycles. The predicted octanol–water partition coefficient (Wildman–Crippen LogP) is -1.35. The third-order valence-corrected chi connectivity index (χ3v) is 2.89. The maximum absolute atomic E-state index is 11.9. The van der Waals surface area contributed by atoms with Gasteiger partial charge in [-0.1, -0.05) is 0 Å². The number of hydrogen-bond acceptors (Lipinski definition) is 4. The van der Waals surface area contributed by atoms with Crippen LogP contribution in [-0.2, 0) is 9.59 Å². The summed E-state index contributed by atoms with van der Waals surface area (Å²) < 4.78 is 0. The van der Waals surface area contributed by atoms with E-state index in [-0.39, 0.29) is 18.4 Å². The van der Waals surface area contributed by atoms with Gasteiger partial charge in [0.2, 0.25) is 11.8 Å². The molecular weight excluding hydrogens is 222 g/mol. The summed E-state index contributed by atoms with van der Waals surface area (Å²) in [6, 6.07) is -0.461. The highest BCUT2D eigenvalue weighted by Gasteiger charge is 2.24. The van der Waals surface area contributed by atoms with E-state index in [1.165, 1.54) is 6.92 Å². The van der Waals surface area contributed by atoms with Crippen LogP contribution >= 0.6 is 0 Å². The number of carbonyl (C=O) groups is 2. The number of rotatable bonds is 4. The Labute approximate surface area is 102 Å². The van der Waals surface area contributed by atoms with E-state index in [0.29, 0.717) is 19.6 Å². The molecule has 0 aromatic heterocycles. The summed E-state index contributed by atoms with van der Waals surface area (Å²) in [5, 5.41) is 11.4. The second-order valence-corrected chi connectivity index (χ2v) is 4.31. The minimum Gasteiger partial charge on any atom is -0.395 e. The van der Waals surface area contributed by atoms with E-state index in [2.05, 4.69) is 10.2 Å². The fourth-order valence-corrected chi connectivity index (χ4v) is 1.97. The summed E-state index contributed by atoms with van der Waals surface area (Å²) in [6.07, 6.45) is 0. The summed E-state index contributed by atoms with van der Waals surface area (Å²) in [4.78, 5) is 26.7. The molecule has 1 fully saturated rings. The van der Waals surface area contributed by atoms with Crippen LogP contribution in [0.4, 0.5) is 0 Å². The highest BCUT2D eigenvalue weighted by atomic mass is 16.3. The molecule has 0 bridgehead atoms. The Morgan fingerprint density at radius 3 is 2.35 bits per heavy atom. The lowest BCUT2D eigenvalue weighted by atomic mass is 10.2. The highest BCUT2D eigenvalue weighted by molar-refractivity contribution is 5.86. The number of hydrogen-bond donors (Lipinski definition) is 2. The van der Waals surface area contributed by atoms with Crippen molar-refractivity contribution in [1.82, 2.24) is 15.1 Å². The van der Waals surface area contributed by atoms with Crippen molar-refractivity contribution in [3.8, 4) is 0 Å². The molecule has 17 heavy (non-hydrogen) atoms. The lowest BCUT2D eigenvalue weighted by Crippen LogP contribution is -2.54. The monoisotopic (exact) mass is 243 g/mol. The van der Waals surface area contributed by atoms with E-state index in [9.17, 15) is 9.59 Å². The first-order valence-corrected chi connectivity index (χ1v) is 5.93. The molecule has 1 saturated heterocycles. The topological polar surface area (TPSA) is 72.9 Å². The van der Waals surface area contributed by atoms with Gasteiger partial charge in [-0.25, -0.2) is 0 Å². The van der Waals surface area contributed by atoms with Gasteiger partial charge in [0.15, 0.2) is 0 Å². The van der Waals surface area contributed by atoms with Gasteiger partial charge < -0.3 is 15.3 Å². The molecule has 2 amide bonds. The van der Waals surface area contributed by atoms with Crippen LogP contribution in [0.5, 0.6) is 0 Å². The molecule has 0 aromatic rings. The number of aliphatic hydroxyl groups excluding tert-OH is 1. The van der Waals surface area contributed by atoms with Gasteiger partial charge >= 0.3 is 0 Å². The fourth-order valence-electron chi connectivity index (χ4n) is 1.97. The zero-order valence-corrected chi connectivity index (χ0v) is 10.5. The molecule has 1 unspecified atom stereocenters. The van der Waals surface area contributed by atoms with Crippen molar-refractivity contribution in [2.24, 2.45) is 0 Å². The van der Waals surface area contributed by atoms with Crippen LogP contribution in [0, 0.1) is 0 Å². The van der Waals surface area contributed by atoms with Gasteiger partial charge in [-0.3, -0.25) is 14.5 Å². The van der Waals surface area contributed by atoms with E-state index < -0.39 is 6.04 Å². The molecule has 6 nitrogen and oxygen atoms in total. The molecular formula is C11H21N3O3. The van der Waals surface area contributed by atoms with Crippen molar-refractivity contribution in [2.75, 3.05) is 39.3 Å².